The number of carbonyl (C=O) groups excluding carboxylic acids is 1. The molecule has 0 aliphatic rings. The fourth-order valence-corrected chi connectivity index (χ4v) is 2.80. The van der Waals surface area contributed by atoms with E-state index in [1.54, 1.807) is 12.1 Å². The monoisotopic (exact) mass is 312 g/mol. The van der Waals surface area contributed by atoms with E-state index >= 15 is 0 Å². The summed E-state index contributed by atoms with van der Waals surface area (Å²) in [5.41, 5.74) is 6.23. The van der Waals surface area contributed by atoms with Crippen LogP contribution >= 0.6 is 11.3 Å². The molecule has 7 nitrogen and oxygen atoms in total. The van der Waals surface area contributed by atoms with Gasteiger partial charge in [-0.1, -0.05) is 11.3 Å². The Morgan fingerprint density at radius 1 is 1.30 bits per heavy atom. The third-order valence-corrected chi connectivity index (χ3v) is 4.42. The highest BCUT2D eigenvalue weighted by molar-refractivity contribution is 7.89. The zero-order valence-corrected chi connectivity index (χ0v) is 12.1. The van der Waals surface area contributed by atoms with Gasteiger partial charge in [0.1, 0.15) is 10.7 Å². The highest BCUT2D eigenvalue weighted by atomic mass is 32.2. The number of aromatic nitrogens is 1. The van der Waals surface area contributed by atoms with Crippen molar-refractivity contribution < 1.29 is 13.2 Å². The molecule has 1 heterocycles. The van der Waals surface area contributed by atoms with E-state index in [2.05, 4.69) is 10.3 Å². The molecule has 1 aromatic carbocycles. The van der Waals surface area contributed by atoms with Crippen LogP contribution in [-0.4, -0.2) is 19.2 Å². The van der Waals surface area contributed by atoms with Crippen molar-refractivity contribution in [3.8, 4) is 0 Å². The Bertz CT molecular complexity index is 750. The average Bonchev–Trinajstić information content (AvgIpc) is 2.70. The number of benzene rings is 1. The Labute approximate surface area is 119 Å². The van der Waals surface area contributed by atoms with Crippen molar-refractivity contribution >= 4 is 43.8 Å². The van der Waals surface area contributed by atoms with Crippen LogP contribution < -0.4 is 16.2 Å². The SMILES string of the molecule is CC(=O)c1sc(Nc2ccc(S(N)(=O)=O)cc2)nc1N. The molecule has 5 N–H and O–H groups in total. The molecule has 1 aromatic heterocycles. The molecule has 0 fully saturated rings. The summed E-state index contributed by atoms with van der Waals surface area (Å²) >= 11 is 1.13. The molecule has 0 amide bonds. The second-order valence-corrected chi connectivity index (χ2v) is 6.54. The molecule has 0 atom stereocenters. The van der Waals surface area contributed by atoms with Crippen LogP contribution in [0.25, 0.3) is 0 Å². The van der Waals surface area contributed by atoms with Crippen LogP contribution in [0.15, 0.2) is 29.2 Å². The van der Waals surface area contributed by atoms with Crippen LogP contribution in [0.2, 0.25) is 0 Å². The van der Waals surface area contributed by atoms with Crippen LogP contribution in [0, 0.1) is 0 Å². The molecule has 0 unspecified atom stereocenters. The van der Waals surface area contributed by atoms with Gasteiger partial charge in [-0.25, -0.2) is 18.5 Å². The number of hydrogen-bond donors (Lipinski definition) is 3. The minimum atomic E-state index is -3.71. The van der Waals surface area contributed by atoms with Gasteiger partial charge >= 0.3 is 0 Å². The number of sulfonamides is 1. The second-order valence-electron chi connectivity index (χ2n) is 3.98. The zero-order valence-electron chi connectivity index (χ0n) is 10.5. The predicted molar refractivity (Wildman–Crippen MR) is 77.6 cm³/mol. The van der Waals surface area contributed by atoms with Crippen LogP contribution in [0.5, 0.6) is 0 Å². The van der Waals surface area contributed by atoms with Gasteiger partial charge in [0.25, 0.3) is 0 Å². The molecule has 20 heavy (non-hydrogen) atoms. The van der Waals surface area contributed by atoms with Crippen LogP contribution in [-0.2, 0) is 10.0 Å². The van der Waals surface area contributed by atoms with E-state index in [4.69, 9.17) is 10.9 Å². The Kier molecular flexibility index (Phi) is 3.75. The summed E-state index contributed by atoms with van der Waals surface area (Å²) in [7, 11) is -3.71. The fourth-order valence-electron chi connectivity index (χ4n) is 1.49. The Hall–Kier alpha value is -1.97. The molecule has 0 saturated heterocycles. The lowest BCUT2D eigenvalue weighted by Gasteiger charge is -2.03. The minimum absolute atomic E-state index is 0.0196. The van der Waals surface area contributed by atoms with Gasteiger partial charge < -0.3 is 11.1 Å². The van der Waals surface area contributed by atoms with Crippen molar-refractivity contribution in [2.45, 2.75) is 11.8 Å². The lowest BCUT2D eigenvalue weighted by Crippen LogP contribution is -2.11. The molecule has 0 spiro atoms. The van der Waals surface area contributed by atoms with Crippen molar-refractivity contribution in [1.82, 2.24) is 4.98 Å². The first-order valence-electron chi connectivity index (χ1n) is 5.44. The van der Waals surface area contributed by atoms with E-state index in [9.17, 15) is 13.2 Å². The van der Waals surface area contributed by atoms with Gasteiger partial charge in [-0.2, -0.15) is 0 Å². The number of nitrogens with one attached hydrogen (secondary N) is 1. The number of anilines is 3. The highest BCUT2D eigenvalue weighted by Gasteiger charge is 2.13. The van der Waals surface area contributed by atoms with E-state index in [1.807, 2.05) is 0 Å². The fraction of sp³-hybridized carbons (Fsp3) is 0.0909. The summed E-state index contributed by atoms with van der Waals surface area (Å²) in [6.45, 7) is 1.41. The summed E-state index contributed by atoms with van der Waals surface area (Å²) in [6.07, 6.45) is 0. The Morgan fingerprint density at radius 3 is 2.35 bits per heavy atom. The van der Waals surface area contributed by atoms with Gasteiger partial charge in [0.15, 0.2) is 10.9 Å². The third kappa shape index (κ3) is 3.13. The molecule has 0 radical (unpaired) electrons. The molecule has 2 rings (SSSR count). The van der Waals surface area contributed by atoms with Crippen LogP contribution in [0.3, 0.4) is 0 Å². The van der Waals surface area contributed by atoms with Crippen LogP contribution in [0.4, 0.5) is 16.6 Å². The van der Waals surface area contributed by atoms with E-state index in [1.165, 1.54) is 19.1 Å². The number of hydrogen-bond acceptors (Lipinski definition) is 7. The number of nitrogens with zero attached hydrogens (tertiary/aromatic N) is 1. The maximum atomic E-state index is 11.3. The smallest absolute Gasteiger partial charge is 0.238 e. The predicted octanol–water partition coefficient (Wildman–Crippen LogP) is 1.32. The number of primary sulfonamides is 1. The van der Waals surface area contributed by atoms with E-state index in [-0.39, 0.29) is 16.5 Å². The summed E-state index contributed by atoms with van der Waals surface area (Å²) in [6, 6.07) is 5.84. The molecular weight excluding hydrogens is 300 g/mol. The molecule has 0 saturated carbocycles. The first-order valence-corrected chi connectivity index (χ1v) is 7.81. The maximum absolute atomic E-state index is 11.3. The summed E-state index contributed by atoms with van der Waals surface area (Å²) in [5.74, 6) is 0.0174. The number of rotatable bonds is 4. The number of nitrogen functional groups attached to an aromatic ring is 1. The normalized spacial score (nSPS) is 11.3. The zero-order chi connectivity index (χ0) is 14.9. The topological polar surface area (TPSA) is 128 Å². The molecular formula is C11H12N4O3S2. The van der Waals surface area contributed by atoms with Gasteiger partial charge in [-0.3, -0.25) is 4.79 Å². The number of thiazole rings is 1. The Morgan fingerprint density at radius 2 is 1.90 bits per heavy atom. The van der Waals surface area contributed by atoms with E-state index < -0.39 is 10.0 Å². The largest absolute Gasteiger partial charge is 0.382 e. The first kappa shape index (κ1) is 14.4. The van der Waals surface area contributed by atoms with Gasteiger partial charge in [0.05, 0.1) is 4.90 Å². The number of ketones is 1. The number of Topliss-reactive ketones (excluding diaryl/α,β-unsaturated/α-hetero) is 1. The van der Waals surface area contributed by atoms with Gasteiger partial charge in [-0.15, -0.1) is 0 Å². The average molecular weight is 312 g/mol. The van der Waals surface area contributed by atoms with Crippen LogP contribution in [0.1, 0.15) is 16.6 Å². The molecule has 9 heteroatoms. The molecule has 0 bridgehead atoms. The first-order chi connectivity index (χ1) is 9.27. The van der Waals surface area contributed by atoms with Gasteiger partial charge in [-0.05, 0) is 24.3 Å². The van der Waals surface area contributed by atoms with Gasteiger partial charge in [0.2, 0.25) is 10.0 Å². The minimum Gasteiger partial charge on any atom is -0.382 e. The van der Waals surface area contributed by atoms with Crippen molar-refractivity contribution in [2.24, 2.45) is 5.14 Å². The Balaban J connectivity index is 2.22. The molecule has 106 valence electrons. The van der Waals surface area contributed by atoms with Crippen molar-refractivity contribution in [3.05, 3.63) is 29.1 Å². The van der Waals surface area contributed by atoms with Gasteiger partial charge in [0, 0.05) is 12.6 Å². The summed E-state index contributed by atoms with van der Waals surface area (Å²) < 4.78 is 22.2. The quantitative estimate of drug-likeness (QED) is 0.730. The summed E-state index contributed by atoms with van der Waals surface area (Å²) in [4.78, 5) is 15.7. The second kappa shape index (κ2) is 5.19. The third-order valence-electron chi connectivity index (χ3n) is 2.41. The van der Waals surface area contributed by atoms with Crippen molar-refractivity contribution in [1.29, 1.82) is 0 Å². The standard InChI is InChI=1S/C11H12N4O3S2/c1-6(16)9-10(12)15-11(19-9)14-7-2-4-8(5-3-7)20(13,17)18/h2-5H,12H2,1H3,(H,14,15)(H2,13,17,18). The number of carbonyl (C=O) groups is 1. The maximum Gasteiger partial charge on any atom is 0.238 e. The molecule has 0 aliphatic carbocycles. The molecule has 0 aliphatic heterocycles. The lowest BCUT2D eigenvalue weighted by molar-refractivity contribution is 0.102. The lowest BCUT2D eigenvalue weighted by atomic mass is 10.3. The van der Waals surface area contributed by atoms with Crippen molar-refractivity contribution in [3.63, 3.8) is 0 Å². The molecule has 2 aromatic rings. The van der Waals surface area contributed by atoms with E-state index in [0.29, 0.717) is 15.7 Å². The highest BCUT2D eigenvalue weighted by Crippen LogP contribution is 2.28. The number of nitrogens with two attached hydrogens (primary N) is 2. The summed E-state index contributed by atoms with van der Waals surface area (Å²) in [5, 5.41) is 8.40. The van der Waals surface area contributed by atoms with Crippen molar-refractivity contribution in [2.75, 3.05) is 11.1 Å². The van der Waals surface area contributed by atoms with E-state index in [0.717, 1.165) is 11.3 Å².